The second kappa shape index (κ2) is 2.21. The summed E-state index contributed by atoms with van der Waals surface area (Å²) >= 11 is 0. The zero-order valence-electron chi connectivity index (χ0n) is 6.40. The van der Waals surface area contributed by atoms with Gasteiger partial charge in [-0.15, -0.1) is 0 Å². The van der Waals surface area contributed by atoms with Crippen LogP contribution in [0.1, 0.15) is 25.7 Å². The van der Waals surface area contributed by atoms with Crippen LogP contribution in [0.2, 0.25) is 0 Å². The third kappa shape index (κ3) is 0.867. The minimum Gasteiger partial charge on any atom is -0.330 e. The highest BCUT2D eigenvalue weighted by Crippen LogP contribution is 2.44. The number of rotatable bonds is 2. The van der Waals surface area contributed by atoms with Crippen LogP contribution >= 0.6 is 0 Å². The van der Waals surface area contributed by atoms with E-state index in [-0.39, 0.29) is 0 Å². The van der Waals surface area contributed by atoms with E-state index in [9.17, 15) is 0 Å². The highest BCUT2D eigenvalue weighted by Gasteiger charge is 2.43. The largest absolute Gasteiger partial charge is 0.330 e. The second-order valence-electron chi connectivity index (χ2n) is 3.86. The first kappa shape index (κ1) is 6.62. The van der Waals surface area contributed by atoms with Crippen molar-refractivity contribution in [3.63, 3.8) is 0 Å². The Hall–Kier alpha value is -0.0800. The van der Waals surface area contributed by atoms with Crippen molar-refractivity contribution in [2.24, 2.45) is 11.1 Å². The fraction of sp³-hybridized carbons (Fsp3) is 1.00. The highest BCUT2D eigenvalue weighted by molar-refractivity contribution is 5.00. The van der Waals surface area contributed by atoms with Crippen LogP contribution < -0.4 is 11.1 Å². The van der Waals surface area contributed by atoms with E-state index in [0.29, 0.717) is 5.41 Å². The maximum absolute atomic E-state index is 5.56. The molecule has 2 unspecified atom stereocenters. The first-order valence-corrected chi connectivity index (χ1v) is 4.28. The molecule has 0 aromatic rings. The SMILES string of the molecule is NCCC12CCC(C1)NC2. The fourth-order valence-electron chi connectivity index (χ4n) is 2.52. The molecule has 3 N–H and O–H groups in total. The van der Waals surface area contributed by atoms with E-state index >= 15 is 0 Å². The number of fused-ring (bicyclic) bond motifs is 2. The molecule has 2 bridgehead atoms. The molecule has 0 radical (unpaired) electrons. The summed E-state index contributed by atoms with van der Waals surface area (Å²) in [5.41, 5.74) is 6.18. The van der Waals surface area contributed by atoms with Crippen molar-refractivity contribution < 1.29 is 0 Å². The molecule has 10 heavy (non-hydrogen) atoms. The van der Waals surface area contributed by atoms with E-state index in [4.69, 9.17) is 5.73 Å². The van der Waals surface area contributed by atoms with E-state index in [0.717, 1.165) is 12.6 Å². The van der Waals surface area contributed by atoms with Crippen LogP contribution in [0.5, 0.6) is 0 Å². The Kier molecular flexibility index (Phi) is 1.46. The van der Waals surface area contributed by atoms with Crippen LogP contribution in [0.25, 0.3) is 0 Å². The van der Waals surface area contributed by atoms with Gasteiger partial charge in [-0.2, -0.15) is 0 Å². The van der Waals surface area contributed by atoms with E-state index in [1.54, 1.807) is 0 Å². The van der Waals surface area contributed by atoms with Crippen molar-refractivity contribution >= 4 is 0 Å². The lowest BCUT2D eigenvalue weighted by Gasteiger charge is -2.25. The molecule has 1 saturated heterocycles. The van der Waals surface area contributed by atoms with Gasteiger partial charge >= 0.3 is 0 Å². The molecular formula is C8H16N2. The van der Waals surface area contributed by atoms with Crippen LogP contribution in [0, 0.1) is 5.41 Å². The normalized spacial score (nSPS) is 44.7. The summed E-state index contributed by atoms with van der Waals surface area (Å²) in [7, 11) is 0. The molecule has 0 aromatic carbocycles. The molecule has 2 atom stereocenters. The molecule has 2 rings (SSSR count). The number of nitrogens with two attached hydrogens (primary N) is 1. The van der Waals surface area contributed by atoms with Gasteiger partial charge in [0.15, 0.2) is 0 Å². The summed E-state index contributed by atoms with van der Waals surface area (Å²) in [5, 5.41) is 3.53. The van der Waals surface area contributed by atoms with Gasteiger partial charge < -0.3 is 11.1 Å². The standard InChI is InChI=1S/C8H16N2/c9-4-3-8-2-1-7(5-8)10-6-8/h7,10H,1-6,9H2. The van der Waals surface area contributed by atoms with Gasteiger partial charge in [-0.1, -0.05) is 0 Å². The van der Waals surface area contributed by atoms with Crippen molar-refractivity contribution in [2.75, 3.05) is 13.1 Å². The highest BCUT2D eigenvalue weighted by atomic mass is 15.0. The second-order valence-corrected chi connectivity index (χ2v) is 3.86. The average Bonchev–Trinajstić information content (AvgIpc) is 2.46. The summed E-state index contributed by atoms with van der Waals surface area (Å²) < 4.78 is 0. The van der Waals surface area contributed by atoms with Gasteiger partial charge in [0.25, 0.3) is 0 Å². The van der Waals surface area contributed by atoms with Crippen LogP contribution in [0.3, 0.4) is 0 Å². The van der Waals surface area contributed by atoms with Crippen LogP contribution in [0.15, 0.2) is 0 Å². The number of hydrogen-bond donors (Lipinski definition) is 2. The maximum atomic E-state index is 5.56. The number of nitrogens with one attached hydrogen (secondary N) is 1. The Bertz CT molecular complexity index is 125. The van der Waals surface area contributed by atoms with Gasteiger partial charge in [-0.3, -0.25) is 0 Å². The molecular weight excluding hydrogens is 124 g/mol. The minimum absolute atomic E-state index is 0.624. The molecule has 58 valence electrons. The Morgan fingerprint density at radius 2 is 2.50 bits per heavy atom. The Labute approximate surface area is 62.2 Å². The smallest absolute Gasteiger partial charge is 0.00732 e. The molecule has 2 heteroatoms. The molecule has 2 nitrogen and oxygen atoms in total. The van der Waals surface area contributed by atoms with E-state index in [1.165, 1.54) is 32.2 Å². The van der Waals surface area contributed by atoms with Gasteiger partial charge in [-0.25, -0.2) is 0 Å². The number of piperidine rings is 1. The summed E-state index contributed by atoms with van der Waals surface area (Å²) in [6.07, 6.45) is 5.43. The quantitative estimate of drug-likeness (QED) is 0.585. The van der Waals surface area contributed by atoms with Gasteiger partial charge in [0.2, 0.25) is 0 Å². The van der Waals surface area contributed by atoms with Crippen molar-refractivity contribution in [3.05, 3.63) is 0 Å². The molecule has 1 saturated carbocycles. The lowest BCUT2D eigenvalue weighted by Crippen LogP contribution is -2.31. The molecule has 1 aliphatic carbocycles. The molecule has 1 heterocycles. The first-order chi connectivity index (χ1) is 4.85. The summed E-state index contributed by atoms with van der Waals surface area (Å²) in [5.74, 6) is 0. The lowest BCUT2D eigenvalue weighted by molar-refractivity contribution is 0.295. The topological polar surface area (TPSA) is 38.0 Å². The Morgan fingerprint density at radius 3 is 2.90 bits per heavy atom. The maximum Gasteiger partial charge on any atom is 0.00732 e. The van der Waals surface area contributed by atoms with Gasteiger partial charge in [-0.05, 0) is 37.6 Å². The average molecular weight is 140 g/mol. The zero-order valence-corrected chi connectivity index (χ0v) is 6.40. The van der Waals surface area contributed by atoms with E-state index in [1.807, 2.05) is 0 Å². The lowest BCUT2D eigenvalue weighted by atomic mass is 9.84. The fourth-order valence-corrected chi connectivity index (χ4v) is 2.52. The van der Waals surface area contributed by atoms with Gasteiger partial charge in [0, 0.05) is 12.6 Å². The molecule has 0 spiro atoms. The Morgan fingerprint density at radius 1 is 1.60 bits per heavy atom. The van der Waals surface area contributed by atoms with Crippen LogP contribution in [-0.4, -0.2) is 19.1 Å². The monoisotopic (exact) mass is 140 g/mol. The molecule has 2 aliphatic rings. The van der Waals surface area contributed by atoms with Gasteiger partial charge in [0.05, 0.1) is 0 Å². The van der Waals surface area contributed by atoms with Crippen molar-refractivity contribution in [3.8, 4) is 0 Å². The van der Waals surface area contributed by atoms with Crippen molar-refractivity contribution in [1.82, 2.24) is 5.32 Å². The minimum atomic E-state index is 0.624. The van der Waals surface area contributed by atoms with E-state index in [2.05, 4.69) is 5.32 Å². The molecule has 0 aromatic heterocycles. The summed E-state index contributed by atoms with van der Waals surface area (Å²) in [6.45, 7) is 2.10. The van der Waals surface area contributed by atoms with Crippen LogP contribution in [0.4, 0.5) is 0 Å². The summed E-state index contributed by atoms with van der Waals surface area (Å²) in [4.78, 5) is 0. The van der Waals surface area contributed by atoms with Crippen molar-refractivity contribution in [1.29, 1.82) is 0 Å². The molecule has 0 amide bonds. The van der Waals surface area contributed by atoms with E-state index < -0.39 is 0 Å². The zero-order chi connectivity index (χ0) is 7.03. The number of hydrogen-bond acceptors (Lipinski definition) is 2. The third-order valence-electron chi connectivity index (χ3n) is 3.14. The predicted octanol–water partition coefficient (Wildman–Crippen LogP) is 0.477. The first-order valence-electron chi connectivity index (χ1n) is 4.28. The Balaban J connectivity index is 2.01. The molecule has 2 fully saturated rings. The third-order valence-corrected chi connectivity index (χ3v) is 3.14. The van der Waals surface area contributed by atoms with Gasteiger partial charge in [0.1, 0.15) is 0 Å². The summed E-state index contributed by atoms with van der Waals surface area (Å²) in [6, 6.07) is 0.839. The van der Waals surface area contributed by atoms with Crippen LogP contribution in [-0.2, 0) is 0 Å². The predicted molar refractivity (Wildman–Crippen MR) is 41.7 cm³/mol. The molecule has 1 aliphatic heterocycles. The van der Waals surface area contributed by atoms with Crippen molar-refractivity contribution in [2.45, 2.75) is 31.7 Å².